The molecular formula is C15H22FN3OSi. The van der Waals surface area contributed by atoms with Gasteiger partial charge < -0.3 is 5.11 Å². The summed E-state index contributed by atoms with van der Waals surface area (Å²) in [7, 11) is -1.69. The van der Waals surface area contributed by atoms with E-state index in [1.807, 2.05) is 16.8 Å². The molecule has 1 unspecified atom stereocenters. The Bertz CT molecular complexity index is 532. The highest BCUT2D eigenvalue weighted by molar-refractivity contribution is 6.90. The molecule has 0 amide bonds. The zero-order chi connectivity index (χ0) is 15.1. The van der Waals surface area contributed by atoms with E-state index in [-0.39, 0.29) is 12.4 Å². The molecule has 0 aliphatic rings. The maximum atomic E-state index is 13.1. The van der Waals surface area contributed by atoms with Crippen molar-refractivity contribution in [2.45, 2.75) is 38.0 Å². The molecule has 0 radical (unpaired) electrons. The third kappa shape index (κ3) is 4.47. The fourth-order valence-electron chi connectivity index (χ4n) is 2.71. The third-order valence-electron chi connectivity index (χ3n) is 4.01. The lowest BCUT2D eigenvalue weighted by molar-refractivity contribution is 0.294. The van der Waals surface area contributed by atoms with Crippen molar-refractivity contribution in [2.75, 3.05) is 6.61 Å². The third-order valence-corrected chi connectivity index (χ3v) is 8.65. The number of aliphatic hydroxyl groups excluding tert-OH is 1. The quantitative estimate of drug-likeness (QED) is 0.761. The van der Waals surface area contributed by atoms with Crippen molar-refractivity contribution in [3.8, 4) is 0 Å². The summed E-state index contributed by atoms with van der Waals surface area (Å²) in [4.78, 5) is 3.94. The fraction of sp³-hybridized carbons (Fsp3) is 0.467. The molecule has 1 N–H and O–H groups in total. The van der Waals surface area contributed by atoms with Gasteiger partial charge in [0.1, 0.15) is 18.5 Å². The summed E-state index contributed by atoms with van der Waals surface area (Å²) >= 11 is 0. The highest BCUT2D eigenvalue weighted by Crippen LogP contribution is 2.20. The molecule has 0 fully saturated rings. The lowest BCUT2D eigenvalue weighted by atomic mass is 10.3. The number of benzene rings is 1. The average molecular weight is 307 g/mol. The number of halogens is 1. The van der Waals surface area contributed by atoms with E-state index in [1.165, 1.54) is 17.3 Å². The van der Waals surface area contributed by atoms with E-state index in [2.05, 4.69) is 16.6 Å². The average Bonchev–Trinajstić information content (AvgIpc) is 2.99. The Balaban J connectivity index is 2.03. The van der Waals surface area contributed by atoms with Crippen molar-refractivity contribution in [3.63, 3.8) is 0 Å². The number of hydrogen-bond acceptors (Lipinski definition) is 3. The zero-order valence-corrected chi connectivity index (χ0v) is 13.4. The van der Waals surface area contributed by atoms with Gasteiger partial charge in [-0.05, 0) is 25.0 Å². The smallest absolute Gasteiger partial charge is 0.137 e. The zero-order valence-electron chi connectivity index (χ0n) is 12.4. The van der Waals surface area contributed by atoms with Crippen LogP contribution in [-0.4, -0.2) is 34.6 Å². The summed E-state index contributed by atoms with van der Waals surface area (Å²) in [5.74, 6) is -0.195. The molecule has 2 aromatic rings. The summed E-state index contributed by atoms with van der Waals surface area (Å²) in [5.41, 5.74) is 0. The monoisotopic (exact) mass is 307 g/mol. The minimum Gasteiger partial charge on any atom is -0.396 e. The summed E-state index contributed by atoms with van der Waals surface area (Å²) in [6.45, 7) is 3.38. The van der Waals surface area contributed by atoms with Crippen molar-refractivity contribution in [2.24, 2.45) is 0 Å². The molecule has 2 rings (SSSR count). The van der Waals surface area contributed by atoms with Crippen LogP contribution in [0.5, 0.6) is 0 Å². The maximum Gasteiger partial charge on any atom is 0.137 e. The van der Waals surface area contributed by atoms with E-state index in [0.717, 1.165) is 31.5 Å². The normalized spacial score (nSPS) is 14.0. The Kier molecular flexibility index (Phi) is 5.64. The minimum absolute atomic E-state index is 0.195. The molecule has 21 heavy (non-hydrogen) atoms. The molecular weight excluding hydrogens is 285 g/mol. The molecule has 1 heterocycles. The van der Waals surface area contributed by atoms with Crippen LogP contribution in [-0.2, 0) is 6.54 Å². The van der Waals surface area contributed by atoms with Gasteiger partial charge in [-0.2, -0.15) is 5.10 Å². The van der Waals surface area contributed by atoms with Crippen molar-refractivity contribution in [1.82, 2.24) is 14.8 Å². The molecule has 0 saturated carbocycles. The number of aryl methyl sites for hydroxylation is 1. The van der Waals surface area contributed by atoms with E-state index in [4.69, 9.17) is 5.11 Å². The van der Waals surface area contributed by atoms with Gasteiger partial charge in [0.05, 0.1) is 8.07 Å². The number of aromatic nitrogens is 3. The molecule has 6 heteroatoms. The van der Waals surface area contributed by atoms with E-state index < -0.39 is 8.07 Å². The number of rotatable bonds is 8. The van der Waals surface area contributed by atoms with E-state index in [0.29, 0.717) is 0 Å². The second-order valence-corrected chi connectivity index (χ2v) is 10.4. The Morgan fingerprint density at radius 2 is 1.90 bits per heavy atom. The predicted octanol–water partition coefficient (Wildman–Crippen LogP) is 2.18. The van der Waals surface area contributed by atoms with Gasteiger partial charge in [0.2, 0.25) is 0 Å². The van der Waals surface area contributed by atoms with Gasteiger partial charge in [0, 0.05) is 13.2 Å². The highest BCUT2D eigenvalue weighted by atomic mass is 28.3. The summed E-state index contributed by atoms with van der Waals surface area (Å²) in [6.07, 6.45) is 5.10. The van der Waals surface area contributed by atoms with Gasteiger partial charge in [-0.3, -0.25) is 4.68 Å². The standard InChI is InChI=1S/C15H22FN3OSi/c1-21(11-3-9-20,15-6-4-14(16)5-7-15)10-2-8-19-13-17-12-18-19/h4-7,12-13,20H,2-3,8-11H2,1H3. The fourth-order valence-corrected chi connectivity index (χ4v) is 6.39. The van der Waals surface area contributed by atoms with E-state index in [1.54, 1.807) is 12.7 Å². The molecule has 1 atom stereocenters. The second-order valence-electron chi connectivity index (χ2n) is 5.66. The Hall–Kier alpha value is -1.53. The van der Waals surface area contributed by atoms with Crippen molar-refractivity contribution >= 4 is 13.3 Å². The van der Waals surface area contributed by atoms with Crippen LogP contribution in [0.1, 0.15) is 12.8 Å². The number of hydrogen-bond donors (Lipinski definition) is 1. The van der Waals surface area contributed by atoms with Crippen LogP contribution in [0.4, 0.5) is 4.39 Å². The van der Waals surface area contributed by atoms with Crippen molar-refractivity contribution < 1.29 is 9.50 Å². The molecule has 1 aromatic carbocycles. The highest BCUT2D eigenvalue weighted by Gasteiger charge is 2.28. The molecule has 0 bridgehead atoms. The first-order chi connectivity index (χ1) is 10.1. The van der Waals surface area contributed by atoms with Gasteiger partial charge in [0.15, 0.2) is 0 Å². The van der Waals surface area contributed by atoms with Crippen LogP contribution >= 0.6 is 0 Å². The topological polar surface area (TPSA) is 50.9 Å². The lowest BCUT2D eigenvalue weighted by Crippen LogP contribution is -2.44. The molecule has 4 nitrogen and oxygen atoms in total. The predicted molar refractivity (Wildman–Crippen MR) is 83.6 cm³/mol. The van der Waals surface area contributed by atoms with Gasteiger partial charge >= 0.3 is 0 Å². The Morgan fingerprint density at radius 1 is 1.19 bits per heavy atom. The summed E-state index contributed by atoms with van der Waals surface area (Å²) < 4.78 is 15.0. The van der Waals surface area contributed by atoms with Crippen molar-refractivity contribution in [3.05, 3.63) is 42.7 Å². The lowest BCUT2D eigenvalue weighted by Gasteiger charge is -2.28. The molecule has 1 aromatic heterocycles. The SMILES string of the molecule is C[Si](CCCO)(CCCn1cncn1)c1ccc(F)cc1. The van der Waals surface area contributed by atoms with Crippen LogP contribution in [0.3, 0.4) is 0 Å². The summed E-state index contributed by atoms with van der Waals surface area (Å²) in [6, 6.07) is 9.02. The second kappa shape index (κ2) is 7.47. The maximum absolute atomic E-state index is 13.1. The van der Waals surface area contributed by atoms with Crippen molar-refractivity contribution in [1.29, 1.82) is 0 Å². The first-order valence-corrected chi connectivity index (χ1v) is 10.2. The van der Waals surface area contributed by atoms with E-state index >= 15 is 0 Å². The first-order valence-electron chi connectivity index (χ1n) is 7.33. The molecule has 0 aliphatic carbocycles. The molecule has 0 aliphatic heterocycles. The Labute approximate surface area is 125 Å². The van der Waals surface area contributed by atoms with Gasteiger partial charge in [0.25, 0.3) is 0 Å². The van der Waals surface area contributed by atoms with Crippen LogP contribution < -0.4 is 5.19 Å². The van der Waals surface area contributed by atoms with Crippen LogP contribution in [0.2, 0.25) is 18.6 Å². The molecule has 0 saturated heterocycles. The molecule has 0 spiro atoms. The number of aliphatic hydroxyl groups is 1. The van der Waals surface area contributed by atoms with Crippen LogP contribution in [0.15, 0.2) is 36.9 Å². The minimum atomic E-state index is -1.69. The first kappa shape index (κ1) is 15.8. The Morgan fingerprint density at radius 3 is 2.52 bits per heavy atom. The largest absolute Gasteiger partial charge is 0.396 e. The number of nitrogens with zero attached hydrogens (tertiary/aromatic N) is 3. The van der Waals surface area contributed by atoms with Crippen LogP contribution in [0, 0.1) is 5.82 Å². The van der Waals surface area contributed by atoms with Gasteiger partial charge in [-0.25, -0.2) is 9.37 Å². The van der Waals surface area contributed by atoms with Crippen LogP contribution in [0.25, 0.3) is 0 Å². The molecule has 114 valence electrons. The van der Waals surface area contributed by atoms with Gasteiger partial charge in [-0.15, -0.1) is 0 Å². The summed E-state index contributed by atoms with van der Waals surface area (Å²) in [5, 5.41) is 14.5. The van der Waals surface area contributed by atoms with Gasteiger partial charge in [-0.1, -0.05) is 36.0 Å². The van der Waals surface area contributed by atoms with E-state index in [9.17, 15) is 4.39 Å².